The fraction of sp³-hybridized carbons (Fsp3) is 0.333. The number of unbranched alkanes of at least 4 members (excludes halogenated alkanes) is 1. The smallest absolute Gasteiger partial charge is 0.417 e. The van der Waals surface area contributed by atoms with Crippen LogP contribution in [0.5, 0.6) is 5.75 Å². The van der Waals surface area contributed by atoms with E-state index >= 15 is 0 Å². The predicted octanol–water partition coefficient (Wildman–Crippen LogP) is 6.00. The van der Waals surface area contributed by atoms with Gasteiger partial charge in [0.25, 0.3) is 5.91 Å². The van der Waals surface area contributed by atoms with Gasteiger partial charge in [-0.25, -0.2) is 4.98 Å². The standard InChI is InChI=1S/C21H21ClF3N3O2/c1-3-5-10-30-15-8-6-14(7-9-15)26-20(29)18-17(4-2)27-19-16(22)11-13(12-28(18)19)21(23,24)25/h6-9,11-12H,3-5,10H2,1-2H3,(H,26,29). The molecular weight excluding hydrogens is 419 g/mol. The molecule has 2 aromatic heterocycles. The van der Waals surface area contributed by atoms with Crippen LogP contribution in [0.3, 0.4) is 0 Å². The van der Waals surface area contributed by atoms with Crippen molar-refractivity contribution in [3.63, 3.8) is 0 Å². The van der Waals surface area contributed by atoms with Crippen molar-refractivity contribution in [3.8, 4) is 5.75 Å². The van der Waals surface area contributed by atoms with Crippen molar-refractivity contribution in [2.45, 2.75) is 39.3 Å². The summed E-state index contributed by atoms with van der Waals surface area (Å²) < 4.78 is 46.3. The average molecular weight is 440 g/mol. The van der Waals surface area contributed by atoms with E-state index < -0.39 is 17.6 Å². The molecule has 0 unspecified atom stereocenters. The number of anilines is 1. The molecule has 0 bridgehead atoms. The third-order valence-corrected chi connectivity index (χ3v) is 4.78. The normalized spacial score (nSPS) is 11.7. The number of benzene rings is 1. The molecule has 1 amide bonds. The highest BCUT2D eigenvalue weighted by atomic mass is 35.5. The SMILES string of the molecule is CCCCOc1ccc(NC(=O)c2c(CC)nc3c(Cl)cc(C(F)(F)F)cn23)cc1. The molecule has 0 aliphatic carbocycles. The van der Waals surface area contributed by atoms with Gasteiger partial charge in [0.2, 0.25) is 0 Å². The lowest BCUT2D eigenvalue weighted by Crippen LogP contribution is -2.17. The van der Waals surface area contributed by atoms with E-state index in [0.717, 1.165) is 29.5 Å². The maximum Gasteiger partial charge on any atom is 0.417 e. The van der Waals surface area contributed by atoms with E-state index in [1.807, 2.05) is 0 Å². The van der Waals surface area contributed by atoms with E-state index in [4.69, 9.17) is 16.3 Å². The fourth-order valence-corrected chi connectivity index (χ4v) is 3.20. The fourth-order valence-electron chi connectivity index (χ4n) is 2.95. The number of pyridine rings is 1. The van der Waals surface area contributed by atoms with Gasteiger partial charge in [0.05, 0.1) is 22.9 Å². The second-order valence-corrected chi connectivity index (χ2v) is 7.12. The Morgan fingerprint density at radius 2 is 1.93 bits per heavy atom. The first-order valence-electron chi connectivity index (χ1n) is 9.56. The first-order chi connectivity index (χ1) is 14.2. The van der Waals surface area contributed by atoms with Crippen molar-refractivity contribution >= 4 is 28.8 Å². The van der Waals surface area contributed by atoms with Crippen molar-refractivity contribution in [2.24, 2.45) is 0 Å². The first kappa shape index (κ1) is 22.0. The minimum absolute atomic E-state index is 0.0174. The number of amides is 1. The second kappa shape index (κ2) is 8.95. The number of aromatic nitrogens is 2. The molecule has 0 saturated carbocycles. The van der Waals surface area contributed by atoms with Gasteiger partial charge < -0.3 is 10.1 Å². The summed E-state index contributed by atoms with van der Waals surface area (Å²) in [6, 6.07) is 7.59. The van der Waals surface area contributed by atoms with Crippen LogP contribution in [0.1, 0.15) is 48.4 Å². The summed E-state index contributed by atoms with van der Waals surface area (Å²) in [5, 5.41) is 2.53. The van der Waals surface area contributed by atoms with E-state index in [1.165, 1.54) is 0 Å². The number of aryl methyl sites for hydroxylation is 1. The molecule has 0 spiro atoms. The molecule has 0 aliphatic heterocycles. The van der Waals surface area contributed by atoms with Crippen LogP contribution < -0.4 is 10.1 Å². The zero-order chi connectivity index (χ0) is 21.9. The van der Waals surface area contributed by atoms with Crippen molar-refractivity contribution in [1.82, 2.24) is 9.38 Å². The molecule has 0 aliphatic rings. The maximum absolute atomic E-state index is 13.2. The Morgan fingerprint density at radius 1 is 1.23 bits per heavy atom. The quantitative estimate of drug-likeness (QED) is 0.459. The number of hydrogen-bond acceptors (Lipinski definition) is 3. The molecule has 2 heterocycles. The molecule has 1 N–H and O–H groups in total. The zero-order valence-corrected chi connectivity index (χ0v) is 17.3. The van der Waals surface area contributed by atoms with Crippen LogP contribution in [0.2, 0.25) is 5.02 Å². The Morgan fingerprint density at radius 3 is 2.53 bits per heavy atom. The third-order valence-electron chi connectivity index (χ3n) is 4.50. The van der Waals surface area contributed by atoms with Crippen LogP contribution in [-0.4, -0.2) is 21.9 Å². The van der Waals surface area contributed by atoms with Crippen molar-refractivity contribution in [2.75, 3.05) is 11.9 Å². The molecule has 1 aromatic carbocycles. The number of nitrogens with zero attached hydrogens (tertiary/aromatic N) is 2. The Kier molecular flexibility index (Phi) is 6.55. The van der Waals surface area contributed by atoms with Crippen molar-refractivity contribution < 1.29 is 22.7 Å². The Bertz CT molecular complexity index is 1050. The Balaban J connectivity index is 1.91. The van der Waals surface area contributed by atoms with Crippen molar-refractivity contribution in [3.05, 3.63) is 58.5 Å². The number of hydrogen-bond donors (Lipinski definition) is 1. The molecule has 160 valence electrons. The topological polar surface area (TPSA) is 55.6 Å². The summed E-state index contributed by atoms with van der Waals surface area (Å²) in [6.45, 7) is 4.43. The summed E-state index contributed by atoms with van der Waals surface area (Å²) in [7, 11) is 0. The molecule has 3 rings (SSSR count). The number of halogens is 4. The summed E-state index contributed by atoms with van der Waals surface area (Å²) >= 11 is 6.02. The van der Waals surface area contributed by atoms with Gasteiger partial charge in [0, 0.05) is 11.9 Å². The number of carbonyl (C=O) groups excluding carboxylic acids is 1. The van der Waals surface area contributed by atoms with Crippen LogP contribution >= 0.6 is 11.6 Å². The molecule has 30 heavy (non-hydrogen) atoms. The minimum atomic E-state index is -4.60. The van der Waals surface area contributed by atoms with Gasteiger partial charge in [0.15, 0.2) is 5.65 Å². The van der Waals surface area contributed by atoms with Crippen LogP contribution in [-0.2, 0) is 12.6 Å². The van der Waals surface area contributed by atoms with E-state index in [1.54, 1.807) is 31.2 Å². The lowest BCUT2D eigenvalue weighted by atomic mass is 10.2. The molecular formula is C21H21ClF3N3O2. The van der Waals surface area contributed by atoms with Crippen LogP contribution in [0.15, 0.2) is 36.5 Å². The number of fused-ring (bicyclic) bond motifs is 1. The molecule has 0 radical (unpaired) electrons. The molecule has 0 fully saturated rings. The van der Waals surface area contributed by atoms with E-state index in [0.29, 0.717) is 30.2 Å². The van der Waals surface area contributed by atoms with Crippen LogP contribution in [0, 0.1) is 0 Å². The van der Waals surface area contributed by atoms with E-state index in [9.17, 15) is 18.0 Å². The Labute approximate surface area is 176 Å². The maximum atomic E-state index is 13.2. The first-order valence-corrected chi connectivity index (χ1v) is 9.94. The predicted molar refractivity (Wildman–Crippen MR) is 109 cm³/mol. The lowest BCUT2D eigenvalue weighted by molar-refractivity contribution is -0.137. The number of ether oxygens (including phenoxy) is 1. The summed E-state index contributed by atoms with van der Waals surface area (Å²) in [6.07, 6.45) is -1.45. The largest absolute Gasteiger partial charge is 0.494 e. The number of nitrogens with one attached hydrogen (secondary N) is 1. The van der Waals surface area contributed by atoms with Gasteiger partial charge in [-0.1, -0.05) is 31.9 Å². The number of carbonyl (C=O) groups is 1. The van der Waals surface area contributed by atoms with Gasteiger partial charge >= 0.3 is 6.18 Å². The van der Waals surface area contributed by atoms with E-state index in [-0.39, 0.29) is 16.4 Å². The Hall–Kier alpha value is -2.74. The molecule has 9 heteroatoms. The summed E-state index contributed by atoms with van der Waals surface area (Å²) in [5.74, 6) is 0.0986. The molecule has 3 aromatic rings. The van der Waals surface area contributed by atoms with Gasteiger partial charge in [0.1, 0.15) is 11.4 Å². The van der Waals surface area contributed by atoms with Gasteiger partial charge in [-0.15, -0.1) is 0 Å². The number of alkyl halides is 3. The second-order valence-electron chi connectivity index (χ2n) is 6.71. The highest BCUT2D eigenvalue weighted by Gasteiger charge is 2.33. The lowest BCUT2D eigenvalue weighted by Gasteiger charge is -2.11. The molecule has 5 nitrogen and oxygen atoms in total. The summed E-state index contributed by atoms with van der Waals surface area (Å²) in [5.41, 5.74) is 0.00366. The number of rotatable bonds is 7. The zero-order valence-electron chi connectivity index (χ0n) is 16.5. The highest BCUT2D eigenvalue weighted by Crippen LogP contribution is 2.33. The minimum Gasteiger partial charge on any atom is -0.494 e. The monoisotopic (exact) mass is 439 g/mol. The van der Waals surface area contributed by atoms with E-state index in [2.05, 4.69) is 17.2 Å². The third kappa shape index (κ3) is 4.70. The van der Waals surface area contributed by atoms with Crippen LogP contribution in [0.25, 0.3) is 5.65 Å². The molecule has 0 saturated heterocycles. The average Bonchev–Trinajstić information content (AvgIpc) is 3.08. The van der Waals surface area contributed by atoms with Gasteiger partial charge in [-0.2, -0.15) is 13.2 Å². The van der Waals surface area contributed by atoms with Crippen molar-refractivity contribution in [1.29, 1.82) is 0 Å². The van der Waals surface area contributed by atoms with Gasteiger partial charge in [-0.3, -0.25) is 9.20 Å². The van der Waals surface area contributed by atoms with Crippen LogP contribution in [0.4, 0.5) is 18.9 Å². The number of imidazole rings is 1. The molecule has 0 atom stereocenters. The highest BCUT2D eigenvalue weighted by molar-refractivity contribution is 6.33. The summed E-state index contributed by atoms with van der Waals surface area (Å²) in [4.78, 5) is 17.2. The van der Waals surface area contributed by atoms with Gasteiger partial charge in [-0.05, 0) is 43.2 Å².